The van der Waals surface area contributed by atoms with E-state index in [0.717, 1.165) is 0 Å². The van der Waals surface area contributed by atoms with E-state index < -0.39 is 10.0 Å². The second kappa shape index (κ2) is 6.46. The summed E-state index contributed by atoms with van der Waals surface area (Å²) < 4.78 is 31.6. The largest absolute Gasteiger partial charge is 0.377 e. The summed E-state index contributed by atoms with van der Waals surface area (Å²) in [5.41, 5.74) is 5.48. The zero-order chi connectivity index (χ0) is 12.9. The number of thiophene rings is 1. The summed E-state index contributed by atoms with van der Waals surface area (Å²) in [5, 5.41) is 1.72. The first kappa shape index (κ1) is 14.6. The molecule has 1 aromatic heterocycles. The lowest BCUT2D eigenvalue weighted by atomic mass is 10.5. The number of sulfonamides is 1. The normalized spacial score (nSPS) is 12.2. The second-order valence-corrected chi connectivity index (χ2v) is 6.47. The SMILES string of the molecule is CC(C)OCCNS(=O)(=O)c1ccsc1CN. The second-order valence-electron chi connectivity index (χ2n) is 3.73. The molecule has 17 heavy (non-hydrogen) atoms. The molecule has 0 radical (unpaired) electrons. The maximum atomic E-state index is 11.9. The van der Waals surface area contributed by atoms with Crippen LogP contribution in [0.3, 0.4) is 0 Å². The fraction of sp³-hybridized carbons (Fsp3) is 0.600. The number of nitrogens with one attached hydrogen (secondary N) is 1. The molecule has 5 nitrogen and oxygen atoms in total. The summed E-state index contributed by atoms with van der Waals surface area (Å²) in [5.74, 6) is 0. The molecule has 0 aliphatic heterocycles. The molecule has 0 spiro atoms. The fourth-order valence-electron chi connectivity index (χ4n) is 1.27. The highest BCUT2D eigenvalue weighted by Crippen LogP contribution is 2.20. The number of nitrogens with two attached hydrogens (primary N) is 1. The molecule has 0 aliphatic carbocycles. The summed E-state index contributed by atoms with van der Waals surface area (Å²) in [7, 11) is -3.46. The molecule has 3 N–H and O–H groups in total. The number of rotatable bonds is 7. The number of hydrogen-bond acceptors (Lipinski definition) is 5. The Labute approximate surface area is 106 Å². The van der Waals surface area contributed by atoms with Gasteiger partial charge < -0.3 is 10.5 Å². The van der Waals surface area contributed by atoms with Gasteiger partial charge in [0.05, 0.1) is 17.6 Å². The average molecular weight is 278 g/mol. The predicted molar refractivity (Wildman–Crippen MR) is 68.5 cm³/mol. The third-order valence-electron chi connectivity index (χ3n) is 2.02. The molecule has 0 unspecified atom stereocenters. The quantitative estimate of drug-likeness (QED) is 0.726. The summed E-state index contributed by atoms with van der Waals surface area (Å²) >= 11 is 1.35. The number of hydrogen-bond donors (Lipinski definition) is 2. The van der Waals surface area contributed by atoms with Crippen molar-refractivity contribution in [2.24, 2.45) is 5.73 Å². The van der Waals surface area contributed by atoms with Gasteiger partial charge in [0.2, 0.25) is 10.0 Å². The van der Waals surface area contributed by atoms with Crippen LogP contribution in [-0.2, 0) is 21.3 Å². The van der Waals surface area contributed by atoms with Crippen LogP contribution in [0.25, 0.3) is 0 Å². The van der Waals surface area contributed by atoms with Crippen molar-refractivity contribution >= 4 is 21.4 Å². The van der Waals surface area contributed by atoms with Crippen molar-refractivity contribution in [3.05, 3.63) is 16.3 Å². The van der Waals surface area contributed by atoms with E-state index in [4.69, 9.17) is 10.5 Å². The van der Waals surface area contributed by atoms with E-state index in [1.165, 1.54) is 11.3 Å². The zero-order valence-electron chi connectivity index (χ0n) is 9.97. The Hall–Kier alpha value is -0.470. The van der Waals surface area contributed by atoms with E-state index in [1.807, 2.05) is 13.8 Å². The Balaban J connectivity index is 2.57. The van der Waals surface area contributed by atoms with Gasteiger partial charge in [-0.3, -0.25) is 0 Å². The van der Waals surface area contributed by atoms with Crippen LogP contribution in [0, 0.1) is 0 Å². The Kier molecular flexibility index (Phi) is 5.54. The lowest BCUT2D eigenvalue weighted by molar-refractivity contribution is 0.0834. The summed E-state index contributed by atoms with van der Waals surface area (Å²) in [6.45, 7) is 4.66. The third kappa shape index (κ3) is 4.36. The Morgan fingerprint density at radius 2 is 2.24 bits per heavy atom. The molecule has 1 heterocycles. The van der Waals surface area contributed by atoms with E-state index in [9.17, 15) is 8.42 Å². The Morgan fingerprint density at radius 3 is 2.82 bits per heavy atom. The molecular weight excluding hydrogens is 260 g/mol. The molecule has 0 saturated carbocycles. The summed E-state index contributed by atoms with van der Waals surface area (Å²) in [6, 6.07) is 1.57. The molecule has 0 aliphatic rings. The Bertz CT molecular complexity index is 440. The van der Waals surface area contributed by atoms with Crippen LogP contribution >= 0.6 is 11.3 Å². The lowest BCUT2D eigenvalue weighted by Crippen LogP contribution is -2.28. The Morgan fingerprint density at radius 1 is 1.53 bits per heavy atom. The van der Waals surface area contributed by atoms with Crippen molar-refractivity contribution in [3.63, 3.8) is 0 Å². The van der Waals surface area contributed by atoms with E-state index in [1.54, 1.807) is 11.4 Å². The molecule has 0 atom stereocenters. The van der Waals surface area contributed by atoms with Crippen LogP contribution in [-0.4, -0.2) is 27.7 Å². The van der Waals surface area contributed by atoms with Crippen LogP contribution in [0.4, 0.5) is 0 Å². The third-order valence-corrected chi connectivity index (χ3v) is 4.64. The molecule has 0 bridgehead atoms. The summed E-state index contributed by atoms with van der Waals surface area (Å²) in [6.07, 6.45) is 0.0975. The molecule has 0 saturated heterocycles. The molecule has 7 heteroatoms. The highest BCUT2D eigenvalue weighted by Gasteiger charge is 2.18. The van der Waals surface area contributed by atoms with Gasteiger partial charge >= 0.3 is 0 Å². The molecule has 98 valence electrons. The van der Waals surface area contributed by atoms with Gasteiger partial charge in [-0.2, -0.15) is 0 Å². The van der Waals surface area contributed by atoms with Crippen LogP contribution in [0.2, 0.25) is 0 Å². The van der Waals surface area contributed by atoms with Gasteiger partial charge in [-0.15, -0.1) is 11.3 Å². The van der Waals surface area contributed by atoms with Gasteiger partial charge in [-0.1, -0.05) is 0 Å². The van der Waals surface area contributed by atoms with Gasteiger partial charge in [0, 0.05) is 18.0 Å². The van der Waals surface area contributed by atoms with E-state index in [-0.39, 0.29) is 24.1 Å². The first-order valence-corrected chi connectivity index (χ1v) is 7.71. The first-order chi connectivity index (χ1) is 7.97. The van der Waals surface area contributed by atoms with Crippen LogP contribution in [0.5, 0.6) is 0 Å². The van der Waals surface area contributed by atoms with E-state index in [2.05, 4.69) is 4.72 Å². The van der Waals surface area contributed by atoms with Crippen molar-refractivity contribution in [1.82, 2.24) is 4.72 Å². The van der Waals surface area contributed by atoms with Crippen molar-refractivity contribution in [3.8, 4) is 0 Å². The minimum Gasteiger partial charge on any atom is -0.377 e. The van der Waals surface area contributed by atoms with E-state index in [0.29, 0.717) is 11.5 Å². The van der Waals surface area contributed by atoms with Gasteiger partial charge in [0.15, 0.2) is 0 Å². The smallest absolute Gasteiger partial charge is 0.241 e. The first-order valence-electron chi connectivity index (χ1n) is 5.35. The lowest BCUT2D eigenvalue weighted by Gasteiger charge is -2.09. The summed E-state index contributed by atoms with van der Waals surface area (Å²) in [4.78, 5) is 0.942. The predicted octanol–water partition coefficient (Wildman–Crippen LogP) is 0.910. The molecule has 0 amide bonds. The molecule has 1 aromatic rings. The minimum absolute atomic E-state index is 0.0975. The molecule has 1 rings (SSSR count). The molecular formula is C10H18N2O3S2. The fourth-order valence-corrected chi connectivity index (χ4v) is 3.61. The van der Waals surface area contributed by atoms with Crippen molar-refractivity contribution in [2.75, 3.05) is 13.2 Å². The number of ether oxygens (including phenoxy) is 1. The van der Waals surface area contributed by atoms with Crippen molar-refractivity contribution in [2.45, 2.75) is 31.4 Å². The standard InChI is InChI=1S/C10H18N2O3S2/c1-8(2)15-5-4-12-17(13,14)10-3-6-16-9(10)7-11/h3,6,8,12H,4-5,7,11H2,1-2H3. The average Bonchev–Trinajstić information content (AvgIpc) is 2.73. The topological polar surface area (TPSA) is 81.4 Å². The maximum absolute atomic E-state index is 11.9. The van der Waals surface area contributed by atoms with Crippen LogP contribution < -0.4 is 10.5 Å². The maximum Gasteiger partial charge on any atom is 0.241 e. The van der Waals surface area contributed by atoms with Crippen molar-refractivity contribution in [1.29, 1.82) is 0 Å². The highest BCUT2D eigenvalue weighted by molar-refractivity contribution is 7.89. The van der Waals surface area contributed by atoms with Gasteiger partial charge in [-0.05, 0) is 25.3 Å². The van der Waals surface area contributed by atoms with Crippen molar-refractivity contribution < 1.29 is 13.2 Å². The van der Waals surface area contributed by atoms with Gasteiger partial charge in [0.25, 0.3) is 0 Å². The van der Waals surface area contributed by atoms with E-state index >= 15 is 0 Å². The van der Waals surface area contributed by atoms with Crippen LogP contribution in [0.15, 0.2) is 16.3 Å². The monoisotopic (exact) mass is 278 g/mol. The zero-order valence-corrected chi connectivity index (χ0v) is 11.6. The molecule has 0 fully saturated rings. The van der Waals surface area contributed by atoms with Gasteiger partial charge in [0.1, 0.15) is 0 Å². The van der Waals surface area contributed by atoms with Crippen LogP contribution in [0.1, 0.15) is 18.7 Å². The highest BCUT2D eigenvalue weighted by atomic mass is 32.2. The molecule has 0 aromatic carbocycles. The minimum atomic E-state index is -3.46. The van der Waals surface area contributed by atoms with Gasteiger partial charge in [-0.25, -0.2) is 13.1 Å².